The van der Waals surface area contributed by atoms with E-state index in [-0.39, 0.29) is 12.1 Å². The Morgan fingerprint density at radius 2 is 2.07 bits per heavy atom. The number of ether oxygens (including phenoxy) is 1. The van der Waals surface area contributed by atoms with Crippen LogP contribution < -0.4 is 5.32 Å². The van der Waals surface area contributed by atoms with Gasteiger partial charge in [-0.2, -0.15) is 5.10 Å². The smallest absolute Gasteiger partial charge is 0.139 e. The molecule has 1 fully saturated rings. The zero-order valence-electron chi connectivity index (χ0n) is 15.6. The monoisotopic (exact) mass is 379 g/mol. The number of nitrogens with zero attached hydrogens (tertiary/aromatic N) is 4. The number of fused-ring (bicyclic) bond motifs is 3. The molecule has 27 heavy (non-hydrogen) atoms. The molecule has 3 aromatic heterocycles. The summed E-state index contributed by atoms with van der Waals surface area (Å²) in [5.41, 5.74) is 3.37. The van der Waals surface area contributed by atoms with Gasteiger partial charge < -0.3 is 10.1 Å². The highest BCUT2D eigenvalue weighted by atomic mass is 32.1. The van der Waals surface area contributed by atoms with Crippen molar-refractivity contribution in [2.75, 3.05) is 11.9 Å². The van der Waals surface area contributed by atoms with Crippen molar-refractivity contribution in [3.05, 3.63) is 47.5 Å². The molecule has 0 saturated carbocycles. The van der Waals surface area contributed by atoms with Crippen LogP contribution in [0.4, 0.5) is 5.82 Å². The van der Waals surface area contributed by atoms with Gasteiger partial charge in [0.05, 0.1) is 17.1 Å². The minimum Gasteiger partial charge on any atom is -0.371 e. The summed E-state index contributed by atoms with van der Waals surface area (Å²) in [7, 11) is 1.98. The Bertz CT molecular complexity index is 1150. The summed E-state index contributed by atoms with van der Waals surface area (Å²) in [6.07, 6.45) is 2.56. The fourth-order valence-corrected chi connectivity index (χ4v) is 5.11. The molecule has 2 atom stereocenters. The SMILES string of the molecule is Cc1nn(C)c(C)c1[C@H]1OCC[C@@H]1Nc1ncnc2sc3ccccc3c12. The second-order valence-electron chi connectivity index (χ2n) is 7.04. The van der Waals surface area contributed by atoms with Crippen molar-refractivity contribution in [2.45, 2.75) is 32.4 Å². The second kappa shape index (κ2) is 6.28. The van der Waals surface area contributed by atoms with E-state index >= 15 is 0 Å². The predicted octanol–water partition coefficient (Wildman–Crippen LogP) is 4.14. The van der Waals surface area contributed by atoms with E-state index in [1.165, 1.54) is 15.6 Å². The van der Waals surface area contributed by atoms with Gasteiger partial charge in [-0.15, -0.1) is 11.3 Å². The number of nitrogens with one attached hydrogen (secondary N) is 1. The number of anilines is 1. The molecule has 4 aromatic rings. The van der Waals surface area contributed by atoms with Crippen LogP contribution >= 0.6 is 11.3 Å². The van der Waals surface area contributed by atoms with Gasteiger partial charge in [-0.25, -0.2) is 9.97 Å². The topological polar surface area (TPSA) is 64.9 Å². The first-order valence-electron chi connectivity index (χ1n) is 9.14. The number of hydrogen-bond acceptors (Lipinski definition) is 6. The maximum absolute atomic E-state index is 6.12. The molecule has 1 aliphatic heterocycles. The second-order valence-corrected chi connectivity index (χ2v) is 8.07. The largest absolute Gasteiger partial charge is 0.371 e. The van der Waals surface area contributed by atoms with E-state index in [2.05, 4.69) is 58.5 Å². The molecular weight excluding hydrogens is 358 g/mol. The molecule has 138 valence electrons. The Labute approximate surface area is 161 Å². The highest BCUT2D eigenvalue weighted by Gasteiger charge is 2.34. The molecule has 6 nitrogen and oxygen atoms in total. The van der Waals surface area contributed by atoms with Crippen LogP contribution in [0, 0.1) is 13.8 Å². The highest BCUT2D eigenvalue weighted by molar-refractivity contribution is 7.25. The fraction of sp³-hybridized carbons (Fsp3) is 0.350. The summed E-state index contributed by atoms with van der Waals surface area (Å²) in [6, 6.07) is 8.56. The van der Waals surface area contributed by atoms with Crippen LogP contribution in [0.15, 0.2) is 30.6 Å². The molecule has 0 amide bonds. The number of aromatic nitrogens is 4. The average Bonchev–Trinajstić information content (AvgIpc) is 3.32. The molecular formula is C20H21N5OS. The third kappa shape index (κ3) is 2.61. The van der Waals surface area contributed by atoms with Crippen LogP contribution in [-0.2, 0) is 11.8 Å². The van der Waals surface area contributed by atoms with Crippen molar-refractivity contribution < 1.29 is 4.74 Å². The minimum atomic E-state index is -0.0198. The molecule has 5 rings (SSSR count). The van der Waals surface area contributed by atoms with Crippen LogP contribution in [0.1, 0.15) is 29.5 Å². The van der Waals surface area contributed by atoms with Gasteiger partial charge in [-0.1, -0.05) is 18.2 Å². The third-order valence-corrected chi connectivity index (χ3v) is 6.52. The zero-order valence-corrected chi connectivity index (χ0v) is 16.4. The molecule has 1 saturated heterocycles. The number of thiophene rings is 1. The number of benzene rings is 1. The predicted molar refractivity (Wildman–Crippen MR) is 108 cm³/mol. The van der Waals surface area contributed by atoms with Crippen LogP contribution in [0.5, 0.6) is 0 Å². The normalized spacial score (nSPS) is 20.0. The Morgan fingerprint density at radius 3 is 2.89 bits per heavy atom. The lowest BCUT2D eigenvalue weighted by molar-refractivity contribution is 0.106. The van der Waals surface area contributed by atoms with Gasteiger partial charge in [-0.05, 0) is 26.3 Å². The van der Waals surface area contributed by atoms with Crippen LogP contribution in [0.2, 0.25) is 0 Å². The standard InChI is InChI=1S/C20H21N5OS/c1-11-16(12(2)25(3)24-11)18-14(8-9-26-18)23-19-17-13-6-4-5-7-15(13)27-20(17)22-10-21-19/h4-7,10,14,18H,8-9H2,1-3H3,(H,21,22,23)/t14-,18-/m0/s1. The molecule has 0 spiro atoms. The van der Waals surface area contributed by atoms with E-state index in [1.54, 1.807) is 17.7 Å². The Morgan fingerprint density at radius 1 is 1.22 bits per heavy atom. The highest BCUT2D eigenvalue weighted by Crippen LogP contribution is 2.39. The Balaban J connectivity index is 1.56. The number of hydrogen-bond donors (Lipinski definition) is 1. The lowest BCUT2D eigenvalue weighted by Crippen LogP contribution is -2.24. The quantitative estimate of drug-likeness (QED) is 0.580. The Hall–Kier alpha value is -2.51. The van der Waals surface area contributed by atoms with E-state index in [4.69, 9.17) is 4.74 Å². The van der Waals surface area contributed by atoms with Crippen molar-refractivity contribution >= 4 is 37.5 Å². The van der Waals surface area contributed by atoms with Gasteiger partial charge in [0.15, 0.2) is 0 Å². The first-order chi connectivity index (χ1) is 13.1. The molecule has 1 N–H and O–H groups in total. The molecule has 0 unspecified atom stereocenters. The van der Waals surface area contributed by atoms with Gasteiger partial charge in [0.2, 0.25) is 0 Å². The van der Waals surface area contributed by atoms with Crippen molar-refractivity contribution in [2.24, 2.45) is 7.05 Å². The number of aryl methyl sites for hydroxylation is 2. The van der Waals surface area contributed by atoms with Gasteiger partial charge in [-0.3, -0.25) is 4.68 Å². The fourth-order valence-electron chi connectivity index (χ4n) is 4.06. The summed E-state index contributed by atoms with van der Waals surface area (Å²) in [4.78, 5) is 10.1. The minimum absolute atomic E-state index is 0.0198. The molecule has 0 bridgehead atoms. The van der Waals surface area contributed by atoms with E-state index < -0.39 is 0 Å². The summed E-state index contributed by atoms with van der Waals surface area (Å²) in [5.74, 6) is 0.886. The molecule has 1 aliphatic rings. The molecule has 1 aromatic carbocycles. The summed E-state index contributed by atoms with van der Waals surface area (Å²) < 4.78 is 9.28. The Kier molecular flexibility index (Phi) is 3.87. The number of rotatable bonds is 3. The van der Waals surface area contributed by atoms with E-state index in [1.807, 2.05) is 11.7 Å². The van der Waals surface area contributed by atoms with Crippen LogP contribution in [0.3, 0.4) is 0 Å². The summed E-state index contributed by atoms with van der Waals surface area (Å²) >= 11 is 1.70. The first kappa shape index (κ1) is 16.6. The van der Waals surface area contributed by atoms with Gasteiger partial charge in [0.25, 0.3) is 0 Å². The molecule has 7 heteroatoms. The summed E-state index contributed by atoms with van der Waals surface area (Å²) in [5, 5.41) is 10.5. The van der Waals surface area contributed by atoms with Crippen molar-refractivity contribution in [3.63, 3.8) is 0 Å². The van der Waals surface area contributed by atoms with Crippen LogP contribution in [-0.4, -0.2) is 32.4 Å². The first-order valence-corrected chi connectivity index (χ1v) is 9.95. The zero-order chi connectivity index (χ0) is 18.5. The van der Waals surface area contributed by atoms with Crippen LogP contribution in [0.25, 0.3) is 20.3 Å². The van der Waals surface area contributed by atoms with Crippen molar-refractivity contribution in [3.8, 4) is 0 Å². The molecule has 0 radical (unpaired) electrons. The van der Waals surface area contributed by atoms with Crippen molar-refractivity contribution in [1.29, 1.82) is 0 Å². The average molecular weight is 379 g/mol. The van der Waals surface area contributed by atoms with Gasteiger partial charge in [0, 0.05) is 35.0 Å². The van der Waals surface area contributed by atoms with E-state index in [0.29, 0.717) is 0 Å². The molecule has 0 aliphatic carbocycles. The van der Waals surface area contributed by atoms with E-state index in [0.717, 1.165) is 40.5 Å². The molecule has 4 heterocycles. The summed E-state index contributed by atoms with van der Waals surface area (Å²) in [6.45, 7) is 4.88. The third-order valence-electron chi connectivity index (χ3n) is 5.44. The van der Waals surface area contributed by atoms with Gasteiger partial charge in [0.1, 0.15) is 23.1 Å². The maximum atomic E-state index is 6.12. The lowest BCUT2D eigenvalue weighted by atomic mass is 10.00. The van der Waals surface area contributed by atoms with E-state index in [9.17, 15) is 0 Å². The lowest BCUT2D eigenvalue weighted by Gasteiger charge is -2.21. The van der Waals surface area contributed by atoms with Gasteiger partial charge >= 0.3 is 0 Å². The van der Waals surface area contributed by atoms with Crippen molar-refractivity contribution in [1.82, 2.24) is 19.7 Å². The maximum Gasteiger partial charge on any atom is 0.139 e.